The third-order valence-corrected chi connectivity index (χ3v) is 6.38. The van der Waals surface area contributed by atoms with Gasteiger partial charge < -0.3 is 5.32 Å². The van der Waals surface area contributed by atoms with E-state index in [9.17, 15) is 4.79 Å². The lowest BCUT2D eigenvalue weighted by molar-refractivity contribution is -0.116. The van der Waals surface area contributed by atoms with Crippen molar-refractivity contribution in [3.05, 3.63) is 70.4 Å². The number of para-hydroxylation sites is 1. The molecule has 4 aromatic rings. The predicted molar refractivity (Wildman–Crippen MR) is 112 cm³/mol. The standard InChI is InChI=1S/C22H20N4OS/c1-12-8-9-15(13(2)10-12)16-11-19(27)24-21-20(16)14(3)25-26(21)22-23-17-6-4-5-7-18(17)28-22/h4-10,16H,11H2,1-3H3,(H,24,27)/t16-/m0/s1. The maximum Gasteiger partial charge on any atom is 0.226 e. The second-order valence-corrected chi connectivity index (χ2v) is 8.40. The number of carbonyl (C=O) groups excluding carboxylic acids is 1. The van der Waals surface area contributed by atoms with Crippen molar-refractivity contribution in [2.24, 2.45) is 0 Å². The first-order valence-electron chi connectivity index (χ1n) is 9.33. The summed E-state index contributed by atoms with van der Waals surface area (Å²) in [5.41, 5.74) is 6.58. The van der Waals surface area contributed by atoms with Crippen LogP contribution in [0.5, 0.6) is 0 Å². The highest BCUT2D eigenvalue weighted by Gasteiger charge is 2.33. The minimum absolute atomic E-state index is 0.00692. The van der Waals surface area contributed by atoms with Crippen LogP contribution in [0.2, 0.25) is 0 Å². The van der Waals surface area contributed by atoms with E-state index in [1.54, 1.807) is 16.0 Å². The zero-order valence-corrected chi connectivity index (χ0v) is 16.8. The average molecular weight is 388 g/mol. The van der Waals surface area contributed by atoms with E-state index in [1.807, 2.05) is 25.1 Å². The molecule has 6 heteroatoms. The molecule has 2 aromatic carbocycles. The number of hydrogen-bond acceptors (Lipinski definition) is 4. The maximum atomic E-state index is 12.6. The van der Waals surface area contributed by atoms with Crippen molar-refractivity contribution < 1.29 is 4.79 Å². The number of thiazole rings is 1. The molecule has 2 aromatic heterocycles. The van der Waals surface area contributed by atoms with Crippen LogP contribution in [-0.2, 0) is 4.79 Å². The Bertz CT molecular complexity index is 1200. The van der Waals surface area contributed by atoms with E-state index in [-0.39, 0.29) is 11.8 Å². The van der Waals surface area contributed by atoms with Gasteiger partial charge in [0.1, 0.15) is 5.82 Å². The van der Waals surface area contributed by atoms with Crippen molar-refractivity contribution in [1.29, 1.82) is 0 Å². The number of nitrogens with one attached hydrogen (secondary N) is 1. The lowest BCUT2D eigenvalue weighted by atomic mass is 9.83. The first-order chi connectivity index (χ1) is 13.5. The summed E-state index contributed by atoms with van der Waals surface area (Å²) in [6.07, 6.45) is 0.434. The molecule has 0 radical (unpaired) electrons. The van der Waals surface area contributed by atoms with E-state index in [0.29, 0.717) is 6.42 Å². The Morgan fingerprint density at radius 1 is 1.14 bits per heavy atom. The molecule has 0 bridgehead atoms. The van der Waals surface area contributed by atoms with Crippen molar-refractivity contribution >= 4 is 33.3 Å². The molecule has 5 nitrogen and oxygen atoms in total. The SMILES string of the molecule is Cc1ccc([C@@H]2CC(=O)Nc3c2c(C)nn3-c2nc3ccccc3s2)c(C)c1. The van der Waals surface area contributed by atoms with Crippen LogP contribution in [0.1, 0.15) is 40.3 Å². The molecule has 0 aliphatic carbocycles. The molecule has 140 valence electrons. The molecule has 28 heavy (non-hydrogen) atoms. The molecule has 5 rings (SSSR count). The van der Waals surface area contributed by atoms with Crippen molar-refractivity contribution in [1.82, 2.24) is 14.8 Å². The molecule has 1 aliphatic rings. The number of amides is 1. The van der Waals surface area contributed by atoms with Gasteiger partial charge in [0.2, 0.25) is 11.0 Å². The van der Waals surface area contributed by atoms with Crippen LogP contribution in [0.3, 0.4) is 0 Å². The molecule has 1 amide bonds. The summed E-state index contributed by atoms with van der Waals surface area (Å²) >= 11 is 1.58. The molecule has 0 spiro atoms. The quantitative estimate of drug-likeness (QED) is 0.532. The smallest absolute Gasteiger partial charge is 0.226 e. The van der Waals surface area contributed by atoms with Crippen LogP contribution >= 0.6 is 11.3 Å². The highest BCUT2D eigenvalue weighted by Crippen LogP contribution is 2.42. The fourth-order valence-corrected chi connectivity index (χ4v) is 5.04. The number of fused-ring (bicyclic) bond motifs is 2. The number of benzene rings is 2. The summed E-state index contributed by atoms with van der Waals surface area (Å²) in [6, 6.07) is 14.5. The highest BCUT2D eigenvalue weighted by atomic mass is 32.1. The summed E-state index contributed by atoms with van der Waals surface area (Å²) in [7, 11) is 0. The first-order valence-corrected chi connectivity index (χ1v) is 10.2. The minimum atomic E-state index is 0.00692. The van der Waals surface area contributed by atoms with E-state index in [2.05, 4.69) is 43.4 Å². The summed E-state index contributed by atoms with van der Waals surface area (Å²) < 4.78 is 2.90. The van der Waals surface area contributed by atoms with Gasteiger partial charge in [-0.3, -0.25) is 4.79 Å². The lowest BCUT2D eigenvalue weighted by Gasteiger charge is -2.25. The van der Waals surface area contributed by atoms with Crippen molar-refractivity contribution in [3.63, 3.8) is 0 Å². The maximum absolute atomic E-state index is 12.6. The minimum Gasteiger partial charge on any atom is -0.310 e. The fourth-order valence-electron chi connectivity index (χ4n) is 4.12. The van der Waals surface area contributed by atoms with Gasteiger partial charge >= 0.3 is 0 Å². The molecule has 1 atom stereocenters. The molecular weight excluding hydrogens is 368 g/mol. The van der Waals surface area contributed by atoms with Crippen LogP contribution < -0.4 is 5.32 Å². The largest absolute Gasteiger partial charge is 0.310 e. The van der Waals surface area contributed by atoms with Crippen molar-refractivity contribution in [2.75, 3.05) is 5.32 Å². The normalized spacial score (nSPS) is 16.2. The molecule has 0 saturated carbocycles. The summed E-state index contributed by atoms with van der Waals surface area (Å²) in [4.78, 5) is 17.3. The average Bonchev–Trinajstić information content (AvgIpc) is 3.22. The fraction of sp³-hybridized carbons (Fsp3) is 0.227. The second kappa shape index (κ2) is 6.27. The lowest BCUT2D eigenvalue weighted by Crippen LogP contribution is -2.25. The number of nitrogens with zero attached hydrogens (tertiary/aromatic N) is 3. The number of anilines is 1. The Labute approximate surface area is 167 Å². The molecule has 0 fully saturated rings. The Morgan fingerprint density at radius 2 is 1.96 bits per heavy atom. The number of carbonyl (C=O) groups is 1. The van der Waals surface area contributed by atoms with Crippen LogP contribution in [-0.4, -0.2) is 20.7 Å². The van der Waals surface area contributed by atoms with Gasteiger partial charge in [-0.25, -0.2) is 4.98 Å². The number of aromatic nitrogens is 3. The second-order valence-electron chi connectivity index (χ2n) is 7.39. The topological polar surface area (TPSA) is 59.8 Å². The molecule has 0 saturated heterocycles. The predicted octanol–water partition coefficient (Wildman–Crippen LogP) is 4.88. The van der Waals surface area contributed by atoms with E-state index in [0.717, 1.165) is 32.4 Å². The van der Waals surface area contributed by atoms with Gasteiger partial charge in [-0.2, -0.15) is 9.78 Å². The van der Waals surface area contributed by atoms with Crippen molar-refractivity contribution in [3.8, 4) is 5.13 Å². The number of hydrogen-bond donors (Lipinski definition) is 1. The third-order valence-electron chi connectivity index (χ3n) is 5.37. The highest BCUT2D eigenvalue weighted by molar-refractivity contribution is 7.20. The van der Waals surface area contributed by atoms with E-state index in [4.69, 9.17) is 10.1 Å². The zero-order valence-electron chi connectivity index (χ0n) is 16.0. The number of aryl methyl sites for hydroxylation is 3. The van der Waals surface area contributed by atoms with Gasteiger partial charge in [-0.1, -0.05) is 47.2 Å². The monoisotopic (exact) mass is 388 g/mol. The Kier molecular flexibility index (Phi) is 3.84. The molecule has 3 heterocycles. The summed E-state index contributed by atoms with van der Waals surface area (Å²) in [6.45, 7) is 6.21. The molecule has 1 N–H and O–H groups in total. The van der Waals surface area contributed by atoms with Crippen molar-refractivity contribution in [2.45, 2.75) is 33.1 Å². The summed E-state index contributed by atoms with van der Waals surface area (Å²) in [5.74, 6) is 0.769. The third kappa shape index (κ3) is 2.64. The first kappa shape index (κ1) is 17.1. The van der Waals surface area contributed by atoms with Gasteiger partial charge in [0, 0.05) is 17.9 Å². The van der Waals surface area contributed by atoms with Gasteiger partial charge in [0.25, 0.3) is 0 Å². The van der Waals surface area contributed by atoms with Gasteiger partial charge in [0.05, 0.1) is 15.9 Å². The summed E-state index contributed by atoms with van der Waals surface area (Å²) in [5, 5.41) is 8.59. The zero-order chi connectivity index (χ0) is 19.4. The Hall–Kier alpha value is -2.99. The van der Waals surface area contributed by atoms with Crippen LogP contribution in [0.15, 0.2) is 42.5 Å². The van der Waals surface area contributed by atoms with E-state index < -0.39 is 0 Å². The van der Waals surface area contributed by atoms with Gasteiger partial charge in [-0.05, 0) is 44.0 Å². The molecule has 0 unspecified atom stereocenters. The van der Waals surface area contributed by atoms with Gasteiger partial charge in [0.15, 0.2) is 0 Å². The molecule has 1 aliphatic heterocycles. The van der Waals surface area contributed by atoms with Crippen LogP contribution in [0.4, 0.5) is 5.82 Å². The Balaban J connectivity index is 1.69. The van der Waals surface area contributed by atoms with E-state index in [1.165, 1.54) is 16.7 Å². The Morgan fingerprint density at radius 3 is 2.75 bits per heavy atom. The van der Waals surface area contributed by atoms with E-state index >= 15 is 0 Å². The molecular formula is C22H20N4OS. The van der Waals surface area contributed by atoms with Crippen LogP contribution in [0, 0.1) is 20.8 Å². The number of rotatable bonds is 2. The van der Waals surface area contributed by atoms with Gasteiger partial charge in [-0.15, -0.1) is 0 Å². The van der Waals surface area contributed by atoms with Crippen LogP contribution in [0.25, 0.3) is 15.3 Å².